The molecule has 12 heavy (non-hydrogen) atoms. The van der Waals surface area contributed by atoms with Crippen LogP contribution in [0.15, 0.2) is 42.9 Å². The topological polar surface area (TPSA) is 28.7 Å². The zero-order chi connectivity index (χ0) is 7.52. The van der Waals surface area contributed by atoms with Crippen LogP contribution in [0, 0.1) is 0 Å². The molecule has 1 aromatic carbocycles. The summed E-state index contributed by atoms with van der Waals surface area (Å²) < 4.78 is 0. The molecule has 62 valence electrons. The van der Waals surface area contributed by atoms with Gasteiger partial charge in [-0.25, -0.2) is 4.98 Å². The molecule has 1 heterocycles. The molecule has 2 aromatic rings. The van der Waals surface area contributed by atoms with E-state index in [2.05, 4.69) is 9.97 Å². The predicted molar refractivity (Wildman–Crippen MR) is 51.3 cm³/mol. The van der Waals surface area contributed by atoms with Gasteiger partial charge in [-0.3, -0.25) is 0 Å². The summed E-state index contributed by atoms with van der Waals surface area (Å²) in [5, 5.41) is 0. The minimum Gasteiger partial charge on any atom is -0.351 e. The van der Waals surface area contributed by atoms with Crippen LogP contribution < -0.4 is 0 Å². The number of hydrogen-bond acceptors (Lipinski definition) is 1. The van der Waals surface area contributed by atoms with Gasteiger partial charge in [-0.15, -0.1) is 12.4 Å². The molecule has 0 amide bonds. The lowest BCUT2D eigenvalue weighted by Gasteiger charge is -1.92. The third-order valence-corrected chi connectivity index (χ3v) is 1.57. The van der Waals surface area contributed by atoms with E-state index in [1.807, 2.05) is 36.5 Å². The highest BCUT2D eigenvalue weighted by molar-refractivity contribution is 5.85. The molecular formula is C9H9ClN2. The minimum atomic E-state index is 0. The standard InChI is InChI=1S/C9H8N2.ClH/c1-2-4-8(5-3-1)9-6-10-7-11-9;/h1-7H,(H,10,11);1H. The van der Waals surface area contributed by atoms with Gasteiger partial charge in [-0.2, -0.15) is 0 Å². The van der Waals surface area contributed by atoms with E-state index in [9.17, 15) is 0 Å². The molecule has 0 fully saturated rings. The number of H-pyrrole nitrogens is 1. The van der Waals surface area contributed by atoms with Crippen molar-refractivity contribution in [3.05, 3.63) is 42.9 Å². The molecule has 0 unspecified atom stereocenters. The van der Waals surface area contributed by atoms with Gasteiger partial charge in [-0.05, 0) is 0 Å². The van der Waals surface area contributed by atoms with Crippen LogP contribution in [0.4, 0.5) is 0 Å². The molecule has 0 bridgehead atoms. The molecule has 0 spiro atoms. The second kappa shape index (κ2) is 3.93. The van der Waals surface area contributed by atoms with Crippen LogP contribution in [0.1, 0.15) is 0 Å². The van der Waals surface area contributed by atoms with E-state index < -0.39 is 0 Å². The van der Waals surface area contributed by atoms with Crippen LogP contribution in [-0.4, -0.2) is 9.97 Å². The van der Waals surface area contributed by atoms with Gasteiger partial charge in [-0.1, -0.05) is 30.3 Å². The molecule has 0 aliphatic heterocycles. The van der Waals surface area contributed by atoms with Crippen LogP contribution in [0.3, 0.4) is 0 Å². The Morgan fingerprint density at radius 1 is 1.08 bits per heavy atom. The summed E-state index contributed by atoms with van der Waals surface area (Å²) in [6, 6.07) is 10.1. The fourth-order valence-corrected chi connectivity index (χ4v) is 1.03. The van der Waals surface area contributed by atoms with Crippen molar-refractivity contribution in [1.82, 2.24) is 9.97 Å². The molecule has 1 aromatic heterocycles. The summed E-state index contributed by atoms with van der Waals surface area (Å²) in [5.74, 6) is 0. The second-order valence-electron chi connectivity index (χ2n) is 2.32. The third kappa shape index (κ3) is 1.66. The largest absolute Gasteiger partial charge is 0.351 e. The molecule has 0 aliphatic carbocycles. The molecule has 0 saturated heterocycles. The smallest absolute Gasteiger partial charge is 0.0927 e. The number of rotatable bonds is 1. The Morgan fingerprint density at radius 2 is 1.83 bits per heavy atom. The molecule has 0 atom stereocenters. The maximum absolute atomic E-state index is 4.13. The van der Waals surface area contributed by atoms with E-state index in [-0.39, 0.29) is 12.4 Å². The van der Waals surface area contributed by atoms with Crippen molar-refractivity contribution in [1.29, 1.82) is 0 Å². The van der Waals surface area contributed by atoms with Crippen molar-refractivity contribution in [3.8, 4) is 11.3 Å². The molecule has 2 nitrogen and oxygen atoms in total. The number of aromatic amines is 1. The number of hydrogen-bond donors (Lipinski definition) is 1. The molecule has 0 saturated carbocycles. The first kappa shape index (κ1) is 8.81. The van der Waals surface area contributed by atoms with Gasteiger partial charge in [0, 0.05) is 11.8 Å². The summed E-state index contributed by atoms with van der Waals surface area (Å²) in [6.07, 6.45) is 3.57. The zero-order valence-corrected chi connectivity index (χ0v) is 7.21. The average Bonchev–Trinajstić information content (AvgIpc) is 2.58. The Morgan fingerprint density at radius 3 is 2.42 bits per heavy atom. The highest BCUT2D eigenvalue weighted by Gasteiger charge is 1.94. The van der Waals surface area contributed by atoms with E-state index in [1.165, 1.54) is 0 Å². The number of aromatic nitrogens is 2. The first-order valence-electron chi connectivity index (χ1n) is 3.51. The van der Waals surface area contributed by atoms with Crippen molar-refractivity contribution >= 4 is 12.4 Å². The summed E-state index contributed by atoms with van der Waals surface area (Å²) >= 11 is 0. The first-order valence-corrected chi connectivity index (χ1v) is 3.51. The van der Waals surface area contributed by atoms with E-state index in [4.69, 9.17) is 0 Å². The molecule has 0 aliphatic rings. The highest BCUT2D eigenvalue weighted by Crippen LogP contribution is 2.13. The van der Waals surface area contributed by atoms with Crippen molar-refractivity contribution in [2.45, 2.75) is 0 Å². The van der Waals surface area contributed by atoms with Gasteiger partial charge in [0.05, 0.1) is 12.0 Å². The van der Waals surface area contributed by atoms with Crippen LogP contribution >= 0.6 is 12.4 Å². The van der Waals surface area contributed by atoms with E-state index in [0.717, 1.165) is 11.3 Å². The third-order valence-electron chi connectivity index (χ3n) is 1.57. The Hall–Kier alpha value is -1.28. The lowest BCUT2D eigenvalue weighted by molar-refractivity contribution is 1.31. The zero-order valence-electron chi connectivity index (χ0n) is 6.40. The fraction of sp³-hybridized carbons (Fsp3) is 0. The van der Waals surface area contributed by atoms with Crippen LogP contribution in [0.25, 0.3) is 11.3 Å². The summed E-state index contributed by atoms with van der Waals surface area (Å²) in [6.45, 7) is 0. The summed E-state index contributed by atoms with van der Waals surface area (Å²) in [4.78, 5) is 7.05. The fourth-order valence-electron chi connectivity index (χ4n) is 1.03. The average molecular weight is 181 g/mol. The first-order chi connectivity index (χ1) is 5.47. The number of nitrogens with one attached hydrogen (secondary N) is 1. The van der Waals surface area contributed by atoms with Gasteiger partial charge in [0.25, 0.3) is 0 Å². The molecule has 3 heteroatoms. The Balaban J connectivity index is 0.000000720. The number of imidazole rings is 1. The van der Waals surface area contributed by atoms with Gasteiger partial charge in [0.15, 0.2) is 0 Å². The number of halogens is 1. The van der Waals surface area contributed by atoms with Crippen molar-refractivity contribution in [2.75, 3.05) is 0 Å². The van der Waals surface area contributed by atoms with E-state index in [0.29, 0.717) is 0 Å². The van der Waals surface area contributed by atoms with Gasteiger partial charge >= 0.3 is 0 Å². The Bertz CT molecular complexity index is 316. The highest BCUT2D eigenvalue weighted by atomic mass is 35.5. The summed E-state index contributed by atoms with van der Waals surface area (Å²) in [5.41, 5.74) is 2.14. The van der Waals surface area contributed by atoms with Crippen molar-refractivity contribution < 1.29 is 0 Å². The van der Waals surface area contributed by atoms with Crippen LogP contribution in [-0.2, 0) is 0 Å². The normalized spacial score (nSPS) is 9.00. The molecular weight excluding hydrogens is 172 g/mol. The lowest BCUT2D eigenvalue weighted by atomic mass is 10.2. The quantitative estimate of drug-likeness (QED) is 0.718. The van der Waals surface area contributed by atoms with E-state index in [1.54, 1.807) is 6.33 Å². The lowest BCUT2D eigenvalue weighted by Crippen LogP contribution is -1.73. The Kier molecular flexibility index (Phi) is 2.88. The Labute approximate surface area is 77.1 Å². The van der Waals surface area contributed by atoms with Gasteiger partial charge in [0.1, 0.15) is 0 Å². The van der Waals surface area contributed by atoms with Crippen molar-refractivity contribution in [3.63, 3.8) is 0 Å². The van der Waals surface area contributed by atoms with Gasteiger partial charge in [0.2, 0.25) is 0 Å². The SMILES string of the molecule is Cl.c1ccc(-c2c[nH]cn2)cc1. The maximum atomic E-state index is 4.13. The summed E-state index contributed by atoms with van der Waals surface area (Å²) in [7, 11) is 0. The molecule has 1 N–H and O–H groups in total. The minimum absolute atomic E-state index is 0. The monoisotopic (exact) mass is 180 g/mol. The van der Waals surface area contributed by atoms with E-state index >= 15 is 0 Å². The van der Waals surface area contributed by atoms with Crippen LogP contribution in [0.2, 0.25) is 0 Å². The predicted octanol–water partition coefficient (Wildman–Crippen LogP) is 2.50. The molecule has 2 rings (SSSR count). The van der Waals surface area contributed by atoms with Crippen LogP contribution in [0.5, 0.6) is 0 Å². The van der Waals surface area contributed by atoms with Gasteiger partial charge < -0.3 is 4.98 Å². The van der Waals surface area contributed by atoms with Crippen molar-refractivity contribution in [2.24, 2.45) is 0 Å². The second-order valence-corrected chi connectivity index (χ2v) is 2.32. The number of benzene rings is 1. The molecule has 0 radical (unpaired) electrons. The maximum Gasteiger partial charge on any atom is 0.0927 e. The number of nitrogens with zero attached hydrogens (tertiary/aromatic N) is 1.